The highest BCUT2D eigenvalue weighted by molar-refractivity contribution is 6.08. The smallest absolute Gasteiger partial charge is 0.344 e. The topological polar surface area (TPSA) is 137 Å². The van der Waals surface area contributed by atoms with Crippen LogP contribution in [0.25, 0.3) is 0 Å². The molecule has 11 nitrogen and oxygen atoms in total. The van der Waals surface area contributed by atoms with E-state index >= 15 is 0 Å². The van der Waals surface area contributed by atoms with Crippen LogP contribution in [0.15, 0.2) is 4.79 Å². The van der Waals surface area contributed by atoms with Gasteiger partial charge >= 0.3 is 6.03 Å². The molecule has 3 fully saturated rings. The zero-order valence-electron chi connectivity index (χ0n) is 18.5. The van der Waals surface area contributed by atoms with E-state index in [1.54, 1.807) is 6.92 Å². The van der Waals surface area contributed by atoms with Gasteiger partial charge in [-0.05, 0) is 44.9 Å². The first-order valence-corrected chi connectivity index (χ1v) is 11.2. The molecule has 32 heavy (non-hydrogen) atoms. The van der Waals surface area contributed by atoms with Gasteiger partial charge in [-0.1, -0.05) is 6.92 Å². The highest BCUT2D eigenvalue weighted by Gasteiger charge is 2.52. The number of aromatic nitrogens is 2. The van der Waals surface area contributed by atoms with Crippen molar-refractivity contribution >= 4 is 23.8 Å². The maximum Gasteiger partial charge on any atom is 0.344 e. The lowest BCUT2D eigenvalue weighted by Crippen LogP contribution is -2.51. The first kappa shape index (κ1) is 22.3. The van der Waals surface area contributed by atoms with Gasteiger partial charge in [0.25, 0.3) is 11.5 Å². The van der Waals surface area contributed by atoms with Crippen molar-refractivity contribution in [1.82, 2.24) is 25.7 Å². The lowest BCUT2D eigenvalue weighted by atomic mass is 9.77. The first-order valence-electron chi connectivity index (χ1n) is 11.2. The van der Waals surface area contributed by atoms with Crippen molar-refractivity contribution in [2.75, 3.05) is 31.2 Å². The summed E-state index contributed by atoms with van der Waals surface area (Å²) in [6.45, 7) is 6.31. The molecule has 0 radical (unpaired) electrons. The Kier molecular flexibility index (Phi) is 6.18. The number of morpholine rings is 1. The molecular formula is C21H30N6O5. The molecule has 174 valence electrons. The highest BCUT2D eigenvalue weighted by atomic mass is 16.5. The van der Waals surface area contributed by atoms with Gasteiger partial charge in [0.15, 0.2) is 0 Å². The normalized spacial score (nSPS) is 25.9. The Morgan fingerprint density at radius 1 is 1.22 bits per heavy atom. The Labute approximate surface area is 185 Å². The van der Waals surface area contributed by atoms with Gasteiger partial charge in [-0.15, -0.1) is 0 Å². The number of amides is 4. The lowest BCUT2D eigenvalue weighted by Gasteiger charge is -2.33. The van der Waals surface area contributed by atoms with Crippen molar-refractivity contribution in [2.24, 2.45) is 5.92 Å². The molecule has 1 saturated carbocycles. The predicted molar refractivity (Wildman–Crippen MR) is 115 cm³/mol. The molecule has 3 aliphatic rings. The van der Waals surface area contributed by atoms with E-state index in [1.165, 1.54) is 0 Å². The molecule has 4 amide bonds. The van der Waals surface area contributed by atoms with Crippen molar-refractivity contribution in [3.63, 3.8) is 0 Å². The molecule has 4 rings (SSSR count). The number of imide groups is 1. The zero-order valence-corrected chi connectivity index (χ0v) is 18.5. The van der Waals surface area contributed by atoms with E-state index in [0.717, 1.165) is 17.9 Å². The van der Waals surface area contributed by atoms with Crippen LogP contribution in [-0.4, -0.2) is 64.7 Å². The Morgan fingerprint density at radius 3 is 2.56 bits per heavy atom. The standard InChI is InChI=1S/C21H30N6O5/c1-13-5-7-21(8-6-13)18(30)27(20(31)24-21)25-16(28)4-3-15-14(2)22-19(23-17(15)29)26-9-11-32-12-10-26/h13H,3-12H2,1-2H3,(H,24,31)(H,25,28)(H,22,23,29). The van der Waals surface area contributed by atoms with Crippen molar-refractivity contribution < 1.29 is 19.1 Å². The van der Waals surface area contributed by atoms with Crippen LogP contribution in [0.5, 0.6) is 0 Å². The van der Waals surface area contributed by atoms with Gasteiger partial charge < -0.3 is 15.0 Å². The third-order valence-electron chi connectivity index (χ3n) is 6.65. The van der Waals surface area contributed by atoms with E-state index in [-0.39, 0.29) is 18.4 Å². The van der Waals surface area contributed by atoms with Crippen molar-refractivity contribution in [2.45, 2.75) is 57.9 Å². The Morgan fingerprint density at radius 2 is 1.91 bits per heavy atom. The molecule has 1 aromatic heterocycles. The van der Waals surface area contributed by atoms with E-state index in [2.05, 4.69) is 27.6 Å². The minimum Gasteiger partial charge on any atom is -0.378 e. The number of ether oxygens (including phenoxy) is 1. The van der Waals surface area contributed by atoms with E-state index in [1.807, 2.05) is 4.90 Å². The summed E-state index contributed by atoms with van der Waals surface area (Å²) in [7, 11) is 0. The summed E-state index contributed by atoms with van der Waals surface area (Å²) in [6.07, 6.45) is 2.94. The minimum atomic E-state index is -0.913. The van der Waals surface area contributed by atoms with Crippen LogP contribution in [0.2, 0.25) is 0 Å². The van der Waals surface area contributed by atoms with Crippen LogP contribution in [0.3, 0.4) is 0 Å². The summed E-state index contributed by atoms with van der Waals surface area (Å²) in [6, 6.07) is -0.608. The third-order valence-corrected chi connectivity index (χ3v) is 6.65. The van der Waals surface area contributed by atoms with Crippen molar-refractivity contribution in [3.05, 3.63) is 21.6 Å². The molecule has 0 aromatic carbocycles. The summed E-state index contributed by atoms with van der Waals surface area (Å²) in [5.74, 6) is 0.0908. The molecule has 2 aliphatic heterocycles. The molecule has 0 unspecified atom stereocenters. The largest absolute Gasteiger partial charge is 0.378 e. The van der Waals surface area contributed by atoms with Gasteiger partial charge in [-0.2, -0.15) is 5.01 Å². The molecule has 11 heteroatoms. The maximum atomic E-state index is 12.9. The van der Waals surface area contributed by atoms with Crippen LogP contribution in [-0.2, 0) is 20.7 Å². The van der Waals surface area contributed by atoms with Gasteiger partial charge in [-0.3, -0.25) is 24.8 Å². The lowest BCUT2D eigenvalue weighted by molar-refractivity contribution is -0.140. The monoisotopic (exact) mass is 446 g/mol. The zero-order chi connectivity index (χ0) is 22.9. The summed E-state index contributed by atoms with van der Waals surface area (Å²) >= 11 is 0. The Hall–Kier alpha value is -2.95. The summed E-state index contributed by atoms with van der Waals surface area (Å²) < 4.78 is 5.32. The number of carbonyl (C=O) groups excluding carboxylic acids is 3. The van der Waals surface area contributed by atoms with Crippen LogP contribution in [0.1, 0.15) is 50.3 Å². The Balaban J connectivity index is 1.36. The number of nitrogens with zero attached hydrogens (tertiary/aromatic N) is 3. The van der Waals surface area contributed by atoms with Gasteiger partial charge in [-0.25, -0.2) is 9.78 Å². The van der Waals surface area contributed by atoms with E-state index in [4.69, 9.17) is 4.74 Å². The number of nitrogens with one attached hydrogen (secondary N) is 3. The molecule has 0 bridgehead atoms. The summed E-state index contributed by atoms with van der Waals surface area (Å²) in [5.41, 5.74) is 2.16. The van der Waals surface area contributed by atoms with Crippen LogP contribution in [0.4, 0.5) is 10.7 Å². The summed E-state index contributed by atoms with van der Waals surface area (Å²) in [5, 5.41) is 3.56. The SMILES string of the molecule is Cc1nc(N2CCOCC2)[nH]c(=O)c1CCC(=O)NN1C(=O)NC2(CCC(C)CC2)C1=O. The van der Waals surface area contributed by atoms with Crippen LogP contribution >= 0.6 is 0 Å². The molecule has 3 heterocycles. The molecule has 0 atom stereocenters. The average molecular weight is 447 g/mol. The van der Waals surface area contributed by atoms with Gasteiger partial charge in [0.1, 0.15) is 5.54 Å². The average Bonchev–Trinajstić information content (AvgIpc) is 3.00. The highest BCUT2D eigenvalue weighted by Crippen LogP contribution is 2.35. The van der Waals surface area contributed by atoms with Crippen LogP contribution < -0.4 is 21.2 Å². The number of H-pyrrole nitrogens is 1. The van der Waals surface area contributed by atoms with E-state index < -0.39 is 23.4 Å². The molecular weight excluding hydrogens is 416 g/mol. The number of aryl methyl sites for hydroxylation is 1. The quantitative estimate of drug-likeness (QED) is 0.556. The van der Waals surface area contributed by atoms with E-state index in [9.17, 15) is 19.2 Å². The summed E-state index contributed by atoms with van der Waals surface area (Å²) in [4.78, 5) is 59.5. The van der Waals surface area contributed by atoms with Crippen molar-refractivity contribution in [1.29, 1.82) is 0 Å². The van der Waals surface area contributed by atoms with Gasteiger partial charge in [0, 0.05) is 30.8 Å². The molecule has 1 aromatic rings. The number of carbonyl (C=O) groups is 3. The Bertz CT molecular complexity index is 962. The fourth-order valence-corrected chi connectivity index (χ4v) is 4.55. The molecule has 1 aliphatic carbocycles. The molecule has 2 saturated heterocycles. The van der Waals surface area contributed by atoms with Gasteiger partial charge in [0.05, 0.1) is 13.2 Å². The number of urea groups is 1. The predicted octanol–water partition coefficient (Wildman–Crippen LogP) is 0.379. The molecule has 1 spiro atoms. The van der Waals surface area contributed by atoms with Gasteiger partial charge in [0.2, 0.25) is 11.9 Å². The number of rotatable bonds is 5. The fourth-order valence-electron chi connectivity index (χ4n) is 4.55. The van der Waals surface area contributed by atoms with Crippen LogP contribution in [0, 0.1) is 12.8 Å². The first-order chi connectivity index (χ1) is 15.3. The second-order valence-corrected chi connectivity index (χ2v) is 8.92. The number of aromatic amines is 1. The second kappa shape index (κ2) is 8.89. The second-order valence-electron chi connectivity index (χ2n) is 8.92. The number of hydrazine groups is 1. The number of anilines is 1. The van der Waals surface area contributed by atoms with Crippen molar-refractivity contribution in [3.8, 4) is 0 Å². The minimum absolute atomic E-state index is 0.0520. The molecule has 3 N–H and O–H groups in total. The number of hydrogen-bond acceptors (Lipinski definition) is 7. The fraction of sp³-hybridized carbons (Fsp3) is 0.667. The third kappa shape index (κ3) is 4.34. The maximum absolute atomic E-state index is 12.9. The number of hydrogen-bond donors (Lipinski definition) is 3. The van der Waals surface area contributed by atoms with E-state index in [0.29, 0.717) is 62.3 Å².